The molecule has 0 saturated carbocycles. The topological polar surface area (TPSA) is 38.3 Å². The third-order valence-corrected chi connectivity index (χ3v) is 3.00. The van der Waals surface area contributed by atoms with E-state index in [0.29, 0.717) is 17.7 Å². The Bertz CT molecular complexity index is 462. The van der Waals surface area contributed by atoms with Gasteiger partial charge < -0.3 is 10.1 Å². The smallest absolute Gasteiger partial charge is 0.327 e. The predicted octanol–water partition coefficient (Wildman–Crippen LogP) is 1.89. The average molecular weight is 241 g/mol. The van der Waals surface area contributed by atoms with Crippen molar-refractivity contribution in [1.82, 2.24) is 5.32 Å². The highest BCUT2D eigenvalue weighted by molar-refractivity contribution is 5.78. The third-order valence-electron chi connectivity index (χ3n) is 3.00. The second-order valence-electron chi connectivity index (χ2n) is 4.16. The molecule has 0 saturated heterocycles. The van der Waals surface area contributed by atoms with Crippen molar-refractivity contribution >= 4 is 5.97 Å². The summed E-state index contributed by atoms with van der Waals surface area (Å²) < 4.78 is 31.5. The standard InChI is InChI=1S/C12H13F2NO2/c1-6-5-15-11(12(16)17-2)8-3-7(13)4-9(14)10(6)8/h3-4,6,11,15H,5H2,1-2H3. The van der Waals surface area contributed by atoms with Crippen LogP contribution in [0, 0.1) is 11.6 Å². The normalized spacial score (nSPS) is 23.1. The second-order valence-corrected chi connectivity index (χ2v) is 4.16. The summed E-state index contributed by atoms with van der Waals surface area (Å²) >= 11 is 0. The van der Waals surface area contributed by atoms with Crippen LogP contribution in [0.15, 0.2) is 12.1 Å². The van der Waals surface area contributed by atoms with Crippen molar-refractivity contribution < 1.29 is 18.3 Å². The minimum absolute atomic E-state index is 0.105. The summed E-state index contributed by atoms with van der Waals surface area (Å²) in [6.45, 7) is 2.27. The van der Waals surface area contributed by atoms with E-state index in [4.69, 9.17) is 0 Å². The van der Waals surface area contributed by atoms with Crippen molar-refractivity contribution in [3.05, 3.63) is 34.9 Å². The van der Waals surface area contributed by atoms with Crippen molar-refractivity contribution in [1.29, 1.82) is 0 Å². The Morgan fingerprint density at radius 2 is 2.18 bits per heavy atom. The Hall–Kier alpha value is -1.49. The SMILES string of the molecule is COC(=O)C1NCC(C)c2c(F)cc(F)cc21. The molecule has 2 atom stereocenters. The summed E-state index contributed by atoms with van der Waals surface area (Å²) in [4.78, 5) is 11.5. The number of fused-ring (bicyclic) bond motifs is 1. The van der Waals surface area contributed by atoms with Gasteiger partial charge in [-0.15, -0.1) is 0 Å². The lowest BCUT2D eigenvalue weighted by molar-refractivity contribution is -0.143. The molecule has 1 aromatic rings. The van der Waals surface area contributed by atoms with E-state index in [-0.39, 0.29) is 5.92 Å². The fourth-order valence-electron chi connectivity index (χ4n) is 2.20. The van der Waals surface area contributed by atoms with Gasteiger partial charge >= 0.3 is 5.97 Å². The quantitative estimate of drug-likeness (QED) is 0.763. The van der Waals surface area contributed by atoms with Crippen LogP contribution in [-0.4, -0.2) is 19.6 Å². The van der Waals surface area contributed by atoms with Crippen molar-refractivity contribution in [2.24, 2.45) is 0 Å². The van der Waals surface area contributed by atoms with Gasteiger partial charge in [-0.1, -0.05) is 6.92 Å². The van der Waals surface area contributed by atoms with Gasteiger partial charge in [-0.05, 0) is 23.1 Å². The van der Waals surface area contributed by atoms with Crippen LogP contribution in [0.5, 0.6) is 0 Å². The van der Waals surface area contributed by atoms with E-state index >= 15 is 0 Å². The van der Waals surface area contributed by atoms with Gasteiger partial charge in [-0.25, -0.2) is 13.6 Å². The summed E-state index contributed by atoms with van der Waals surface area (Å²) in [5.41, 5.74) is 0.716. The molecule has 1 aromatic carbocycles. The summed E-state index contributed by atoms with van der Waals surface area (Å²) in [5, 5.41) is 2.92. The van der Waals surface area contributed by atoms with Gasteiger partial charge in [-0.2, -0.15) is 0 Å². The van der Waals surface area contributed by atoms with Crippen LogP contribution >= 0.6 is 0 Å². The van der Waals surface area contributed by atoms with Gasteiger partial charge in [0, 0.05) is 12.6 Å². The monoisotopic (exact) mass is 241 g/mol. The fraction of sp³-hybridized carbons (Fsp3) is 0.417. The Morgan fingerprint density at radius 3 is 2.82 bits per heavy atom. The lowest BCUT2D eigenvalue weighted by atomic mass is 9.87. The maximum absolute atomic E-state index is 13.7. The first-order valence-electron chi connectivity index (χ1n) is 5.34. The molecule has 2 unspecified atom stereocenters. The van der Waals surface area contributed by atoms with Crippen molar-refractivity contribution in [2.75, 3.05) is 13.7 Å². The Balaban J connectivity index is 2.55. The first-order chi connectivity index (χ1) is 8.04. The minimum atomic E-state index is -0.795. The maximum atomic E-state index is 13.7. The molecule has 1 aliphatic heterocycles. The van der Waals surface area contributed by atoms with E-state index in [1.54, 1.807) is 0 Å². The molecule has 0 radical (unpaired) electrons. The van der Waals surface area contributed by atoms with Gasteiger partial charge in [0.15, 0.2) is 0 Å². The molecule has 5 heteroatoms. The molecule has 17 heavy (non-hydrogen) atoms. The molecule has 1 heterocycles. The number of nitrogens with one attached hydrogen (secondary N) is 1. The molecule has 3 nitrogen and oxygen atoms in total. The predicted molar refractivity (Wildman–Crippen MR) is 57.5 cm³/mol. The van der Waals surface area contributed by atoms with Crippen molar-refractivity contribution in [3.8, 4) is 0 Å². The van der Waals surface area contributed by atoms with Crippen LogP contribution in [0.3, 0.4) is 0 Å². The summed E-state index contributed by atoms with van der Waals surface area (Å²) in [5.74, 6) is -1.94. The molecule has 2 rings (SSSR count). The number of rotatable bonds is 1. The lowest BCUT2D eigenvalue weighted by Gasteiger charge is -2.29. The van der Waals surface area contributed by atoms with Gasteiger partial charge in [0.1, 0.15) is 17.7 Å². The molecule has 0 amide bonds. The first-order valence-corrected chi connectivity index (χ1v) is 5.34. The number of methoxy groups -OCH3 is 1. The number of hydrogen-bond acceptors (Lipinski definition) is 3. The molecule has 0 aromatic heterocycles. The number of esters is 1. The lowest BCUT2D eigenvalue weighted by Crippen LogP contribution is -2.38. The average Bonchev–Trinajstić information content (AvgIpc) is 2.27. The molecule has 0 fully saturated rings. The fourth-order valence-corrected chi connectivity index (χ4v) is 2.20. The Labute approximate surface area is 97.8 Å². The molecule has 0 spiro atoms. The van der Waals surface area contributed by atoms with Crippen LogP contribution < -0.4 is 5.32 Å². The number of hydrogen-bond donors (Lipinski definition) is 1. The summed E-state index contributed by atoms with van der Waals surface area (Å²) in [6.07, 6.45) is 0. The van der Waals surface area contributed by atoms with Crippen molar-refractivity contribution in [2.45, 2.75) is 18.9 Å². The molecule has 1 aliphatic rings. The zero-order chi connectivity index (χ0) is 12.6. The zero-order valence-electron chi connectivity index (χ0n) is 9.59. The largest absolute Gasteiger partial charge is 0.468 e. The van der Waals surface area contributed by atoms with Gasteiger partial charge in [0.2, 0.25) is 0 Å². The number of carbonyl (C=O) groups is 1. The Morgan fingerprint density at radius 1 is 1.47 bits per heavy atom. The van der Waals surface area contributed by atoms with E-state index < -0.39 is 23.6 Å². The second kappa shape index (κ2) is 4.41. The van der Waals surface area contributed by atoms with Gasteiger partial charge in [-0.3, -0.25) is 0 Å². The summed E-state index contributed by atoms with van der Waals surface area (Å²) in [6, 6.07) is 1.23. The van der Waals surface area contributed by atoms with Crippen LogP contribution in [-0.2, 0) is 9.53 Å². The molecular weight excluding hydrogens is 228 g/mol. The minimum Gasteiger partial charge on any atom is -0.468 e. The molecular formula is C12H13F2NO2. The third kappa shape index (κ3) is 2.02. The number of benzene rings is 1. The number of carbonyl (C=O) groups excluding carboxylic acids is 1. The van der Waals surface area contributed by atoms with Gasteiger partial charge in [0.05, 0.1) is 7.11 Å². The highest BCUT2D eigenvalue weighted by Crippen LogP contribution is 2.33. The molecule has 1 N–H and O–H groups in total. The number of ether oxygens (including phenoxy) is 1. The van der Waals surface area contributed by atoms with Crippen LogP contribution in [0.1, 0.15) is 30.0 Å². The molecule has 0 bridgehead atoms. The van der Waals surface area contributed by atoms with Gasteiger partial charge in [0.25, 0.3) is 0 Å². The maximum Gasteiger partial charge on any atom is 0.327 e. The molecule has 0 aliphatic carbocycles. The van der Waals surface area contributed by atoms with E-state index in [2.05, 4.69) is 10.1 Å². The van der Waals surface area contributed by atoms with E-state index in [1.807, 2.05) is 6.92 Å². The van der Waals surface area contributed by atoms with E-state index in [0.717, 1.165) is 6.07 Å². The molecule has 92 valence electrons. The van der Waals surface area contributed by atoms with Crippen LogP contribution in [0.2, 0.25) is 0 Å². The highest BCUT2D eigenvalue weighted by Gasteiger charge is 2.32. The zero-order valence-corrected chi connectivity index (χ0v) is 9.59. The first kappa shape index (κ1) is 12.0. The highest BCUT2D eigenvalue weighted by atomic mass is 19.1. The van der Waals surface area contributed by atoms with Crippen LogP contribution in [0.4, 0.5) is 8.78 Å². The number of halogens is 2. The van der Waals surface area contributed by atoms with Crippen LogP contribution in [0.25, 0.3) is 0 Å². The Kier molecular flexibility index (Phi) is 3.11. The van der Waals surface area contributed by atoms with E-state index in [9.17, 15) is 13.6 Å². The van der Waals surface area contributed by atoms with Crippen molar-refractivity contribution in [3.63, 3.8) is 0 Å². The summed E-state index contributed by atoms with van der Waals surface area (Å²) in [7, 11) is 1.25. The van der Waals surface area contributed by atoms with E-state index in [1.165, 1.54) is 13.2 Å².